The van der Waals surface area contributed by atoms with Gasteiger partial charge in [-0.1, -0.05) is 29.8 Å². The van der Waals surface area contributed by atoms with E-state index in [1.54, 1.807) is 19.1 Å². The molecule has 162 valence electrons. The largest absolute Gasteiger partial charge is 0.489 e. The zero-order chi connectivity index (χ0) is 21.6. The first kappa shape index (κ1) is 22.2. The average Bonchev–Trinajstić information content (AvgIpc) is 2.71. The maximum Gasteiger partial charge on any atom is 0.323 e. The second-order valence-corrected chi connectivity index (χ2v) is 9.08. The van der Waals surface area contributed by atoms with Crippen molar-refractivity contribution >= 4 is 39.0 Å². The van der Waals surface area contributed by atoms with Gasteiger partial charge in [0.05, 0.1) is 17.3 Å². The summed E-state index contributed by atoms with van der Waals surface area (Å²) in [4.78, 5) is 13.7. The van der Waals surface area contributed by atoms with Crippen molar-refractivity contribution in [2.24, 2.45) is 0 Å². The predicted octanol–water partition coefficient (Wildman–Crippen LogP) is 3.69. The molecule has 0 radical (unpaired) electrons. The van der Waals surface area contributed by atoms with Gasteiger partial charge >= 0.3 is 5.97 Å². The third kappa shape index (κ3) is 6.27. The number of esters is 1. The second-order valence-electron chi connectivity index (χ2n) is 6.95. The molecule has 0 unspecified atom stereocenters. The molecule has 3 rings (SSSR count). The predicted molar refractivity (Wildman–Crippen MR) is 118 cm³/mol. The van der Waals surface area contributed by atoms with Crippen LogP contribution < -0.4 is 14.4 Å². The van der Waals surface area contributed by atoms with Gasteiger partial charge in [-0.15, -0.1) is 0 Å². The Hall–Kier alpha value is -2.45. The molecule has 0 saturated carbocycles. The first-order valence-corrected chi connectivity index (χ1v) is 11.8. The zero-order valence-electron chi connectivity index (χ0n) is 16.7. The number of hydrogen-bond acceptors (Lipinski definition) is 6. The van der Waals surface area contributed by atoms with Crippen LogP contribution in [0.25, 0.3) is 0 Å². The first-order valence-electron chi connectivity index (χ1n) is 9.78. The van der Waals surface area contributed by atoms with Gasteiger partial charge in [-0.05, 0) is 37.3 Å². The molecular weight excluding hydrogens is 428 g/mol. The highest BCUT2D eigenvalue weighted by Gasteiger charge is 2.22. The summed E-state index contributed by atoms with van der Waals surface area (Å²) in [6.45, 7) is 3.51. The SMILES string of the molecule is CCOC(=O)CS(=O)(=O)Nc1ccc(OC2CCN(c3ccccc3)CC2)c(Cl)c1. The Balaban J connectivity index is 1.55. The third-order valence-electron chi connectivity index (χ3n) is 4.68. The van der Waals surface area contributed by atoms with Crippen LogP contribution in [0.1, 0.15) is 19.8 Å². The number of piperidine rings is 1. The van der Waals surface area contributed by atoms with E-state index in [2.05, 4.69) is 26.5 Å². The van der Waals surface area contributed by atoms with E-state index in [-0.39, 0.29) is 18.4 Å². The summed E-state index contributed by atoms with van der Waals surface area (Å²) in [6, 6.07) is 14.9. The fraction of sp³-hybridized carbons (Fsp3) is 0.381. The summed E-state index contributed by atoms with van der Waals surface area (Å²) < 4.78 is 37.2. The molecule has 0 atom stereocenters. The summed E-state index contributed by atoms with van der Waals surface area (Å²) in [5.74, 6) is -1.06. The topological polar surface area (TPSA) is 84.9 Å². The molecule has 1 saturated heterocycles. The number of nitrogens with zero attached hydrogens (tertiary/aromatic N) is 1. The number of carbonyl (C=O) groups excluding carboxylic acids is 1. The fourth-order valence-electron chi connectivity index (χ4n) is 3.28. The van der Waals surface area contributed by atoms with Crippen molar-refractivity contribution in [2.45, 2.75) is 25.9 Å². The number of para-hydroxylation sites is 1. The van der Waals surface area contributed by atoms with E-state index in [1.165, 1.54) is 11.8 Å². The van der Waals surface area contributed by atoms with E-state index in [4.69, 9.17) is 16.3 Å². The van der Waals surface area contributed by atoms with Gasteiger partial charge < -0.3 is 14.4 Å². The highest BCUT2D eigenvalue weighted by molar-refractivity contribution is 7.93. The molecule has 1 aliphatic rings. The van der Waals surface area contributed by atoms with Crippen LogP contribution in [0, 0.1) is 0 Å². The van der Waals surface area contributed by atoms with E-state index in [1.807, 2.05) is 18.2 Å². The van der Waals surface area contributed by atoms with Crippen molar-refractivity contribution in [3.63, 3.8) is 0 Å². The van der Waals surface area contributed by atoms with Gasteiger partial charge in [0.25, 0.3) is 0 Å². The van der Waals surface area contributed by atoms with Gasteiger partial charge in [-0.25, -0.2) is 8.42 Å². The Labute approximate surface area is 182 Å². The number of halogens is 1. The molecule has 1 heterocycles. The monoisotopic (exact) mass is 452 g/mol. The number of anilines is 2. The number of benzene rings is 2. The average molecular weight is 453 g/mol. The molecule has 0 bridgehead atoms. The van der Waals surface area contributed by atoms with Crippen LogP contribution >= 0.6 is 11.6 Å². The molecule has 2 aromatic rings. The molecule has 1 N–H and O–H groups in total. The van der Waals surface area contributed by atoms with E-state index in [9.17, 15) is 13.2 Å². The maximum atomic E-state index is 12.1. The number of sulfonamides is 1. The lowest BCUT2D eigenvalue weighted by Gasteiger charge is -2.33. The molecule has 0 spiro atoms. The summed E-state index contributed by atoms with van der Waals surface area (Å²) in [5.41, 5.74) is 1.46. The van der Waals surface area contributed by atoms with Gasteiger partial charge in [0.1, 0.15) is 11.9 Å². The van der Waals surface area contributed by atoms with Crippen molar-refractivity contribution in [1.82, 2.24) is 0 Å². The number of hydrogen-bond donors (Lipinski definition) is 1. The number of carbonyl (C=O) groups is 1. The minimum atomic E-state index is -3.87. The van der Waals surface area contributed by atoms with Crippen LogP contribution in [-0.2, 0) is 19.6 Å². The van der Waals surface area contributed by atoms with E-state index in [0.717, 1.165) is 25.9 Å². The number of rotatable bonds is 8. The molecule has 1 aliphatic heterocycles. The van der Waals surface area contributed by atoms with Crippen LogP contribution in [0.5, 0.6) is 5.75 Å². The molecule has 1 fully saturated rings. The molecule has 30 heavy (non-hydrogen) atoms. The van der Waals surface area contributed by atoms with Gasteiger partial charge in [-0.2, -0.15) is 0 Å². The van der Waals surface area contributed by atoms with Crippen molar-refractivity contribution < 1.29 is 22.7 Å². The quantitative estimate of drug-likeness (QED) is 0.615. The van der Waals surface area contributed by atoms with Crippen molar-refractivity contribution in [2.75, 3.05) is 35.1 Å². The first-order chi connectivity index (χ1) is 14.4. The van der Waals surface area contributed by atoms with Crippen molar-refractivity contribution in [1.29, 1.82) is 0 Å². The van der Waals surface area contributed by atoms with E-state index >= 15 is 0 Å². The number of nitrogens with one attached hydrogen (secondary N) is 1. The molecular formula is C21H25ClN2O5S. The van der Waals surface area contributed by atoms with Crippen LogP contribution in [0.15, 0.2) is 48.5 Å². The van der Waals surface area contributed by atoms with E-state index in [0.29, 0.717) is 10.8 Å². The highest BCUT2D eigenvalue weighted by atomic mass is 35.5. The smallest absolute Gasteiger partial charge is 0.323 e. The lowest BCUT2D eigenvalue weighted by Crippen LogP contribution is -2.38. The Morgan fingerprint density at radius 3 is 2.50 bits per heavy atom. The minimum absolute atomic E-state index is 0.0359. The van der Waals surface area contributed by atoms with E-state index < -0.39 is 21.7 Å². The fourth-order valence-corrected chi connectivity index (χ4v) is 4.46. The Kier molecular flexibility index (Phi) is 7.44. The molecule has 2 aromatic carbocycles. The summed E-state index contributed by atoms with van der Waals surface area (Å²) in [5, 5.41) is 0.303. The summed E-state index contributed by atoms with van der Waals surface area (Å²) in [7, 11) is -3.87. The van der Waals surface area contributed by atoms with Crippen LogP contribution in [0.4, 0.5) is 11.4 Å². The molecule has 0 aromatic heterocycles. The van der Waals surface area contributed by atoms with Crippen LogP contribution in [-0.4, -0.2) is 45.9 Å². The standard InChI is InChI=1S/C21H25ClN2O5S/c1-2-28-21(25)15-30(26,27)23-16-8-9-20(19(22)14-16)29-18-10-12-24(13-11-18)17-6-4-3-5-7-17/h3-9,14,18,23H,2,10-13,15H2,1H3. The third-order valence-corrected chi connectivity index (χ3v) is 6.13. The molecule has 9 heteroatoms. The summed E-state index contributed by atoms with van der Waals surface area (Å²) >= 11 is 6.30. The van der Waals surface area contributed by atoms with Crippen molar-refractivity contribution in [3.8, 4) is 5.75 Å². The Morgan fingerprint density at radius 2 is 1.87 bits per heavy atom. The van der Waals surface area contributed by atoms with Crippen molar-refractivity contribution in [3.05, 3.63) is 53.6 Å². The molecule has 0 amide bonds. The summed E-state index contributed by atoms with van der Waals surface area (Å²) in [6.07, 6.45) is 1.76. The lowest BCUT2D eigenvalue weighted by molar-refractivity contribution is -0.139. The van der Waals surface area contributed by atoms with Crippen LogP contribution in [0.3, 0.4) is 0 Å². The maximum absolute atomic E-state index is 12.1. The van der Waals surface area contributed by atoms with Gasteiger partial charge in [0.2, 0.25) is 10.0 Å². The zero-order valence-corrected chi connectivity index (χ0v) is 18.3. The lowest BCUT2D eigenvalue weighted by atomic mass is 10.1. The van der Waals surface area contributed by atoms with Gasteiger partial charge in [0.15, 0.2) is 5.75 Å². The minimum Gasteiger partial charge on any atom is -0.489 e. The van der Waals surface area contributed by atoms with Gasteiger partial charge in [0, 0.05) is 31.6 Å². The number of ether oxygens (including phenoxy) is 2. The van der Waals surface area contributed by atoms with Gasteiger partial charge in [-0.3, -0.25) is 9.52 Å². The molecule has 0 aliphatic carbocycles. The Morgan fingerprint density at radius 1 is 1.17 bits per heavy atom. The second kappa shape index (κ2) is 10.0. The highest BCUT2D eigenvalue weighted by Crippen LogP contribution is 2.31. The molecule has 7 nitrogen and oxygen atoms in total. The van der Waals surface area contributed by atoms with Crippen LogP contribution in [0.2, 0.25) is 5.02 Å². The normalized spacial score (nSPS) is 14.9. The Bertz CT molecular complexity index is 961.